The van der Waals surface area contributed by atoms with Crippen molar-refractivity contribution in [2.45, 2.75) is 45.2 Å². The molecule has 1 aliphatic rings. The summed E-state index contributed by atoms with van der Waals surface area (Å²) in [5, 5.41) is 5.07. The number of halogens is 3. The Bertz CT molecular complexity index is 429. The zero-order valence-electron chi connectivity index (χ0n) is 10.6. The van der Waals surface area contributed by atoms with Crippen molar-refractivity contribution in [1.29, 1.82) is 0 Å². The van der Waals surface area contributed by atoms with Crippen LogP contribution < -0.4 is 5.32 Å². The van der Waals surface area contributed by atoms with Crippen molar-refractivity contribution in [1.82, 2.24) is 5.32 Å². The lowest BCUT2D eigenvalue weighted by Gasteiger charge is -2.21. The molecular weight excluding hydrogens is 289 g/mol. The molecule has 0 amide bonds. The third-order valence-electron chi connectivity index (χ3n) is 3.45. The molecule has 0 saturated heterocycles. The zero-order chi connectivity index (χ0) is 13.3. The van der Waals surface area contributed by atoms with Gasteiger partial charge in [0.15, 0.2) is 0 Å². The molecule has 1 aromatic carbocycles. The molecule has 0 heterocycles. The van der Waals surface area contributed by atoms with Gasteiger partial charge >= 0.3 is 0 Å². The maximum atomic E-state index is 6.24. The highest BCUT2D eigenvalue weighted by Crippen LogP contribution is 2.36. The largest absolute Gasteiger partial charge is 0.308 e. The molecule has 0 aliphatic heterocycles. The van der Waals surface area contributed by atoms with Gasteiger partial charge in [0.2, 0.25) is 0 Å². The molecule has 0 spiro atoms. The van der Waals surface area contributed by atoms with Crippen molar-refractivity contribution in [3.63, 3.8) is 0 Å². The van der Waals surface area contributed by atoms with E-state index in [1.165, 1.54) is 19.3 Å². The van der Waals surface area contributed by atoms with Crippen LogP contribution in [0.3, 0.4) is 0 Å². The third kappa shape index (κ3) is 3.54. The topological polar surface area (TPSA) is 12.0 Å². The van der Waals surface area contributed by atoms with Gasteiger partial charge in [0, 0.05) is 12.1 Å². The van der Waals surface area contributed by atoms with Crippen molar-refractivity contribution in [2.24, 2.45) is 5.92 Å². The SMILES string of the molecule is CC(CC1CC1)NC(C)c1ccc(Cl)c(Cl)c1Cl. The van der Waals surface area contributed by atoms with Crippen molar-refractivity contribution < 1.29 is 0 Å². The van der Waals surface area contributed by atoms with Gasteiger partial charge in [0.05, 0.1) is 15.1 Å². The lowest BCUT2D eigenvalue weighted by Crippen LogP contribution is -2.29. The van der Waals surface area contributed by atoms with Crippen molar-refractivity contribution >= 4 is 34.8 Å². The molecule has 1 saturated carbocycles. The van der Waals surface area contributed by atoms with Crippen LogP contribution in [0.2, 0.25) is 15.1 Å². The second-order valence-corrected chi connectivity index (χ2v) is 6.40. The monoisotopic (exact) mass is 305 g/mol. The first-order valence-electron chi connectivity index (χ1n) is 6.38. The summed E-state index contributed by atoms with van der Waals surface area (Å²) < 4.78 is 0. The van der Waals surface area contributed by atoms with Gasteiger partial charge in [-0.2, -0.15) is 0 Å². The normalized spacial score (nSPS) is 18.7. The standard InChI is InChI=1S/C14H18Cl3N/c1-8(7-10-3-4-10)18-9(2)11-5-6-12(15)14(17)13(11)16/h5-6,8-10,18H,3-4,7H2,1-2H3. The fourth-order valence-corrected chi connectivity index (χ4v) is 3.02. The molecule has 0 aromatic heterocycles. The molecule has 18 heavy (non-hydrogen) atoms. The van der Waals surface area contributed by atoms with Crippen LogP contribution in [-0.4, -0.2) is 6.04 Å². The van der Waals surface area contributed by atoms with Gasteiger partial charge in [-0.25, -0.2) is 0 Å². The number of hydrogen-bond acceptors (Lipinski definition) is 1. The Balaban J connectivity index is 2.03. The van der Waals surface area contributed by atoms with Crippen LogP contribution in [0.15, 0.2) is 12.1 Å². The second-order valence-electron chi connectivity index (χ2n) is 5.23. The number of hydrogen-bond donors (Lipinski definition) is 1. The van der Waals surface area contributed by atoms with Crippen LogP contribution in [0.25, 0.3) is 0 Å². The summed E-state index contributed by atoms with van der Waals surface area (Å²) >= 11 is 18.2. The van der Waals surface area contributed by atoms with E-state index >= 15 is 0 Å². The average molecular weight is 307 g/mol. The fourth-order valence-electron chi connectivity index (χ4n) is 2.31. The van der Waals surface area contributed by atoms with E-state index in [9.17, 15) is 0 Å². The van der Waals surface area contributed by atoms with Crippen molar-refractivity contribution in [3.8, 4) is 0 Å². The molecule has 1 aromatic rings. The third-order valence-corrected chi connectivity index (χ3v) is 4.76. The predicted octanol–water partition coefficient (Wildman–Crippen LogP) is 5.49. The fraction of sp³-hybridized carbons (Fsp3) is 0.571. The molecular formula is C14H18Cl3N. The first-order valence-corrected chi connectivity index (χ1v) is 7.52. The molecule has 2 unspecified atom stereocenters. The Morgan fingerprint density at radius 1 is 1.17 bits per heavy atom. The van der Waals surface area contributed by atoms with E-state index in [0.29, 0.717) is 21.1 Å². The van der Waals surface area contributed by atoms with E-state index in [4.69, 9.17) is 34.8 Å². The van der Waals surface area contributed by atoms with Crippen LogP contribution in [0.1, 0.15) is 44.7 Å². The van der Waals surface area contributed by atoms with E-state index < -0.39 is 0 Å². The Morgan fingerprint density at radius 3 is 2.44 bits per heavy atom. The highest BCUT2D eigenvalue weighted by molar-refractivity contribution is 6.48. The van der Waals surface area contributed by atoms with Crippen molar-refractivity contribution in [2.75, 3.05) is 0 Å². The Morgan fingerprint density at radius 2 is 1.83 bits per heavy atom. The van der Waals surface area contributed by atoms with Crippen LogP contribution in [0, 0.1) is 5.92 Å². The van der Waals surface area contributed by atoms with Gasteiger partial charge in [0.25, 0.3) is 0 Å². The quantitative estimate of drug-likeness (QED) is 0.710. The van der Waals surface area contributed by atoms with E-state index in [1.807, 2.05) is 6.07 Å². The first kappa shape index (κ1) is 14.5. The Hall–Kier alpha value is 0.0500. The molecule has 1 fully saturated rings. The molecule has 100 valence electrons. The smallest absolute Gasteiger partial charge is 0.0781 e. The molecule has 4 heteroatoms. The molecule has 1 nitrogen and oxygen atoms in total. The number of rotatable bonds is 5. The molecule has 0 bridgehead atoms. The van der Waals surface area contributed by atoms with Crippen molar-refractivity contribution in [3.05, 3.63) is 32.8 Å². The summed E-state index contributed by atoms with van der Waals surface area (Å²) in [7, 11) is 0. The highest BCUT2D eigenvalue weighted by Gasteiger charge is 2.24. The summed E-state index contributed by atoms with van der Waals surface area (Å²) in [5.74, 6) is 0.920. The van der Waals surface area contributed by atoms with Crippen LogP contribution in [0.5, 0.6) is 0 Å². The van der Waals surface area contributed by atoms with E-state index in [0.717, 1.165) is 11.5 Å². The van der Waals surface area contributed by atoms with Gasteiger partial charge < -0.3 is 5.32 Å². The summed E-state index contributed by atoms with van der Waals surface area (Å²) in [6.07, 6.45) is 4.01. The molecule has 1 N–H and O–H groups in total. The Kier molecular flexibility index (Phi) is 4.82. The first-order chi connectivity index (χ1) is 8.49. The molecule has 2 atom stereocenters. The lowest BCUT2D eigenvalue weighted by atomic mass is 10.1. The zero-order valence-corrected chi connectivity index (χ0v) is 12.9. The number of nitrogens with one attached hydrogen (secondary N) is 1. The minimum atomic E-state index is 0.181. The summed E-state index contributed by atoms with van der Waals surface area (Å²) in [5.41, 5.74) is 1.01. The van der Waals surface area contributed by atoms with Gasteiger partial charge in [-0.1, -0.05) is 53.7 Å². The molecule has 2 rings (SSSR count). The van der Waals surface area contributed by atoms with Crippen LogP contribution in [0.4, 0.5) is 0 Å². The lowest BCUT2D eigenvalue weighted by molar-refractivity contribution is 0.438. The van der Waals surface area contributed by atoms with Gasteiger partial charge in [-0.3, -0.25) is 0 Å². The summed E-state index contributed by atoms with van der Waals surface area (Å²) in [4.78, 5) is 0. The van der Waals surface area contributed by atoms with Gasteiger partial charge in [-0.15, -0.1) is 0 Å². The molecule has 0 radical (unpaired) electrons. The van der Waals surface area contributed by atoms with Gasteiger partial charge in [0.1, 0.15) is 0 Å². The number of benzene rings is 1. The molecule has 1 aliphatic carbocycles. The van der Waals surface area contributed by atoms with E-state index in [-0.39, 0.29) is 6.04 Å². The maximum absolute atomic E-state index is 6.24. The van der Waals surface area contributed by atoms with Gasteiger partial charge in [-0.05, 0) is 37.8 Å². The minimum absolute atomic E-state index is 0.181. The van der Waals surface area contributed by atoms with Crippen LogP contribution >= 0.6 is 34.8 Å². The highest BCUT2D eigenvalue weighted by atomic mass is 35.5. The van der Waals surface area contributed by atoms with E-state index in [1.54, 1.807) is 6.07 Å². The summed E-state index contributed by atoms with van der Waals surface area (Å²) in [6, 6.07) is 4.42. The average Bonchev–Trinajstić information content (AvgIpc) is 3.09. The predicted molar refractivity (Wildman–Crippen MR) is 79.8 cm³/mol. The summed E-state index contributed by atoms with van der Waals surface area (Å²) in [6.45, 7) is 4.33. The minimum Gasteiger partial charge on any atom is -0.308 e. The maximum Gasteiger partial charge on any atom is 0.0781 e. The Labute approximate surface area is 124 Å². The second kappa shape index (κ2) is 6.00. The van der Waals surface area contributed by atoms with Crippen LogP contribution in [-0.2, 0) is 0 Å². The van der Waals surface area contributed by atoms with E-state index in [2.05, 4.69) is 19.2 Å².